The Bertz CT molecular complexity index is 1210. The molecule has 4 atom stereocenters. The van der Waals surface area contributed by atoms with Gasteiger partial charge in [-0.05, 0) is 56.2 Å². The first-order valence-corrected chi connectivity index (χ1v) is 12.7. The maximum atomic E-state index is 12.8. The molecule has 0 aliphatic carbocycles. The lowest BCUT2D eigenvalue weighted by atomic mass is 10.1. The molecule has 5 N–H and O–H groups in total. The Kier molecular flexibility index (Phi) is 9.91. The van der Waals surface area contributed by atoms with E-state index in [0.717, 1.165) is 17.2 Å². The number of aliphatic carboxylic acids is 1. The van der Waals surface area contributed by atoms with Gasteiger partial charge in [0.15, 0.2) is 0 Å². The summed E-state index contributed by atoms with van der Waals surface area (Å²) in [4.78, 5) is 53.6. The Labute approximate surface area is 221 Å². The molecule has 1 aliphatic rings. The van der Waals surface area contributed by atoms with Gasteiger partial charge in [0.05, 0.1) is 11.8 Å². The highest BCUT2D eigenvalue weighted by Crippen LogP contribution is 2.17. The van der Waals surface area contributed by atoms with Crippen molar-refractivity contribution >= 4 is 40.5 Å². The van der Waals surface area contributed by atoms with Crippen LogP contribution >= 0.6 is 0 Å². The number of nitrogens with one attached hydrogen (secondary N) is 3. The van der Waals surface area contributed by atoms with Gasteiger partial charge in [-0.2, -0.15) is 0 Å². The van der Waals surface area contributed by atoms with E-state index >= 15 is 0 Å². The smallest absolute Gasteiger partial charge is 0.322 e. The Morgan fingerprint density at radius 1 is 1.18 bits per heavy atom. The van der Waals surface area contributed by atoms with E-state index in [1.807, 2.05) is 12.1 Å². The van der Waals surface area contributed by atoms with Crippen LogP contribution < -0.4 is 16.1 Å². The molecule has 3 amide bonds. The average molecular weight is 526 g/mol. The molecule has 11 nitrogen and oxygen atoms in total. The molecule has 2 aromatic rings. The van der Waals surface area contributed by atoms with Crippen LogP contribution in [0.3, 0.4) is 0 Å². The first-order valence-electron chi connectivity index (χ1n) is 12.7. The predicted molar refractivity (Wildman–Crippen MR) is 141 cm³/mol. The number of hydrazine groups is 1. The molecular weight excluding hydrogens is 490 g/mol. The number of aliphatic hydroxyl groups is 1. The number of carbonyl (C=O) groups excluding carboxylic acids is 3. The summed E-state index contributed by atoms with van der Waals surface area (Å²) in [6, 6.07) is 4.95. The fourth-order valence-corrected chi connectivity index (χ4v) is 4.16. The highest BCUT2D eigenvalue weighted by Gasteiger charge is 2.32. The molecule has 38 heavy (non-hydrogen) atoms. The highest BCUT2D eigenvalue weighted by atomic mass is 16.4. The van der Waals surface area contributed by atoms with Crippen molar-refractivity contribution < 1.29 is 29.4 Å². The van der Waals surface area contributed by atoms with Gasteiger partial charge in [-0.3, -0.25) is 29.2 Å². The van der Waals surface area contributed by atoms with Crippen LogP contribution in [0.15, 0.2) is 36.5 Å². The van der Waals surface area contributed by atoms with E-state index in [1.54, 1.807) is 18.3 Å². The van der Waals surface area contributed by atoms with Gasteiger partial charge >= 0.3 is 5.97 Å². The van der Waals surface area contributed by atoms with Gasteiger partial charge in [0.1, 0.15) is 18.1 Å². The lowest BCUT2D eigenvalue weighted by Crippen LogP contribution is -2.61. The molecule has 0 bridgehead atoms. The van der Waals surface area contributed by atoms with Gasteiger partial charge in [-0.15, -0.1) is 0 Å². The van der Waals surface area contributed by atoms with Crippen LogP contribution in [-0.2, 0) is 25.6 Å². The molecule has 11 heteroatoms. The number of nitrogens with zero attached hydrogens (tertiary/aromatic N) is 2. The van der Waals surface area contributed by atoms with E-state index in [2.05, 4.69) is 40.1 Å². The van der Waals surface area contributed by atoms with E-state index in [9.17, 15) is 29.4 Å². The number of fused-ring (bicyclic) bond motifs is 1. The predicted octanol–water partition coefficient (Wildman–Crippen LogP) is 1.15. The number of carboxylic acids is 1. The van der Waals surface area contributed by atoms with Crippen molar-refractivity contribution in [2.24, 2.45) is 0 Å². The van der Waals surface area contributed by atoms with Crippen LogP contribution in [0.25, 0.3) is 16.8 Å². The minimum Gasteiger partial charge on any atom is -0.480 e. The Hall–Kier alpha value is -3.83. The van der Waals surface area contributed by atoms with Crippen LogP contribution in [0.5, 0.6) is 0 Å². The maximum Gasteiger partial charge on any atom is 0.322 e. The highest BCUT2D eigenvalue weighted by molar-refractivity contribution is 5.92. The number of amides is 3. The Balaban J connectivity index is 1.55. The fraction of sp³-hybridized carbons (Fsp3) is 0.444. The summed E-state index contributed by atoms with van der Waals surface area (Å²) in [5.41, 5.74) is 4.55. The maximum absolute atomic E-state index is 12.8. The minimum absolute atomic E-state index is 0.0476. The Morgan fingerprint density at radius 3 is 2.63 bits per heavy atom. The van der Waals surface area contributed by atoms with Crippen molar-refractivity contribution in [1.29, 1.82) is 0 Å². The zero-order valence-electron chi connectivity index (χ0n) is 21.8. The monoisotopic (exact) mass is 525 g/mol. The summed E-state index contributed by atoms with van der Waals surface area (Å²) in [5, 5.41) is 27.5. The van der Waals surface area contributed by atoms with Crippen LogP contribution in [0.1, 0.15) is 51.3 Å². The van der Waals surface area contributed by atoms with Gasteiger partial charge < -0.3 is 20.8 Å². The lowest BCUT2D eigenvalue weighted by molar-refractivity contribution is -0.148. The second-order valence-electron chi connectivity index (χ2n) is 9.42. The summed E-state index contributed by atoms with van der Waals surface area (Å²) in [6.45, 7) is 5.21. The van der Waals surface area contributed by atoms with Gasteiger partial charge in [0.25, 0.3) is 5.91 Å². The first kappa shape index (κ1) is 28.7. The topological polar surface area (TPSA) is 161 Å². The van der Waals surface area contributed by atoms with Crippen LogP contribution in [0.4, 0.5) is 0 Å². The number of aromatic nitrogens is 1. The normalized spacial score (nSPS) is 18.1. The molecule has 0 radical (unpaired) electrons. The quantitative estimate of drug-likeness (QED) is 0.309. The zero-order valence-corrected chi connectivity index (χ0v) is 21.8. The van der Waals surface area contributed by atoms with E-state index in [1.165, 1.54) is 24.4 Å². The van der Waals surface area contributed by atoms with Gasteiger partial charge in [-0.1, -0.05) is 31.2 Å². The largest absolute Gasteiger partial charge is 0.480 e. The fourth-order valence-electron chi connectivity index (χ4n) is 4.16. The molecule has 0 spiro atoms. The number of carboxylic acid groups (broad SMARTS) is 1. The van der Waals surface area contributed by atoms with E-state index in [0.29, 0.717) is 25.1 Å². The lowest BCUT2D eigenvalue weighted by Gasteiger charge is -2.34. The summed E-state index contributed by atoms with van der Waals surface area (Å²) in [6.07, 6.45) is 5.66. The second-order valence-corrected chi connectivity index (χ2v) is 9.42. The summed E-state index contributed by atoms with van der Waals surface area (Å²) >= 11 is 0. The molecule has 204 valence electrons. The van der Waals surface area contributed by atoms with Crippen molar-refractivity contribution in [1.82, 2.24) is 26.1 Å². The molecule has 1 aliphatic heterocycles. The number of hydrogen-bond acceptors (Lipinski definition) is 7. The van der Waals surface area contributed by atoms with E-state index < -0.39 is 47.9 Å². The number of rotatable bonds is 10. The van der Waals surface area contributed by atoms with Crippen molar-refractivity contribution in [3.8, 4) is 0 Å². The molecule has 0 saturated carbocycles. The summed E-state index contributed by atoms with van der Waals surface area (Å²) in [7, 11) is 0. The van der Waals surface area contributed by atoms with Gasteiger partial charge in [0.2, 0.25) is 11.8 Å². The number of carbonyl (C=O) groups is 4. The average Bonchev–Trinajstić information content (AvgIpc) is 2.90. The third-order valence-electron chi connectivity index (χ3n) is 6.37. The number of pyridine rings is 1. The SMILES string of the molecule is CCc1ccc2cnc(/C=C/CC(=O)NC(C(=O)NC(C)C(=O)N3CCCC(C(=O)O)N3)C(C)O)cc2c1. The molecule has 1 fully saturated rings. The van der Waals surface area contributed by atoms with Crippen LogP contribution in [-0.4, -0.2) is 74.7 Å². The molecule has 2 heterocycles. The van der Waals surface area contributed by atoms with Crippen LogP contribution in [0.2, 0.25) is 0 Å². The third kappa shape index (κ3) is 7.59. The molecule has 3 rings (SSSR count). The standard InChI is InChI=1S/C27H35N5O6/c1-4-18-10-11-19-15-28-21(14-20(19)13-18)7-5-9-23(34)30-24(17(3)33)25(35)29-16(2)26(36)32-12-6-8-22(31-32)27(37)38/h5,7,10-11,13-17,22,24,31,33H,4,6,8-9,12H2,1-3H3,(H,29,35)(H,30,34)(H,37,38)/b7-5+. The zero-order chi connectivity index (χ0) is 27.8. The van der Waals surface area contributed by atoms with E-state index in [4.69, 9.17) is 0 Å². The summed E-state index contributed by atoms with van der Waals surface area (Å²) in [5.74, 6) is -2.80. The van der Waals surface area contributed by atoms with Gasteiger partial charge in [-0.25, -0.2) is 5.43 Å². The first-order chi connectivity index (χ1) is 18.1. The Morgan fingerprint density at radius 2 is 1.95 bits per heavy atom. The second kappa shape index (κ2) is 13.1. The van der Waals surface area contributed by atoms with Crippen molar-refractivity contribution in [2.45, 2.75) is 70.7 Å². The number of aryl methyl sites for hydroxylation is 1. The van der Waals surface area contributed by atoms with Crippen molar-refractivity contribution in [3.05, 3.63) is 47.8 Å². The number of aliphatic hydroxyl groups excluding tert-OH is 1. The molecule has 1 saturated heterocycles. The minimum atomic E-state index is -1.28. The third-order valence-corrected chi connectivity index (χ3v) is 6.37. The summed E-state index contributed by atoms with van der Waals surface area (Å²) < 4.78 is 0. The van der Waals surface area contributed by atoms with Crippen molar-refractivity contribution in [3.63, 3.8) is 0 Å². The van der Waals surface area contributed by atoms with Gasteiger partial charge in [0, 0.05) is 24.5 Å². The molecule has 4 unspecified atom stereocenters. The van der Waals surface area contributed by atoms with E-state index in [-0.39, 0.29) is 6.42 Å². The number of benzene rings is 1. The molecule has 1 aromatic carbocycles. The molecular formula is C27H35N5O6. The van der Waals surface area contributed by atoms with Crippen molar-refractivity contribution in [2.75, 3.05) is 6.54 Å². The molecule has 1 aromatic heterocycles. The van der Waals surface area contributed by atoms with Crippen LogP contribution in [0, 0.1) is 0 Å². The number of hydrogen-bond donors (Lipinski definition) is 5.